The number of aliphatic carboxylic acids is 1. The molecule has 0 saturated carbocycles. The van der Waals surface area contributed by atoms with Crippen LogP contribution < -0.4 is 5.32 Å². The van der Waals surface area contributed by atoms with Crippen LogP contribution in [0.2, 0.25) is 0 Å². The van der Waals surface area contributed by atoms with E-state index in [9.17, 15) is 4.79 Å². The van der Waals surface area contributed by atoms with Gasteiger partial charge in [-0.05, 0) is 31.2 Å². The van der Waals surface area contributed by atoms with Crippen molar-refractivity contribution >= 4 is 5.97 Å². The summed E-state index contributed by atoms with van der Waals surface area (Å²) in [6.45, 7) is 7.31. The molecule has 0 aromatic heterocycles. The molecule has 1 aliphatic rings. The number of nitriles is 1. The van der Waals surface area contributed by atoms with Gasteiger partial charge in [0.25, 0.3) is 0 Å². The third kappa shape index (κ3) is 6.55. The van der Waals surface area contributed by atoms with E-state index in [2.05, 4.69) is 30.1 Å². The topological polar surface area (TPSA) is 76.4 Å². The molecule has 2 atom stereocenters. The summed E-state index contributed by atoms with van der Waals surface area (Å²) in [5.74, 6) is 0.0713. The molecule has 5 heteroatoms. The Kier molecular flexibility index (Phi) is 6.82. The summed E-state index contributed by atoms with van der Waals surface area (Å²) in [7, 11) is 0. The van der Waals surface area contributed by atoms with Gasteiger partial charge in [0.2, 0.25) is 0 Å². The molecule has 0 radical (unpaired) electrons. The highest BCUT2D eigenvalue weighted by Crippen LogP contribution is 2.20. The van der Waals surface area contributed by atoms with E-state index in [0.29, 0.717) is 18.5 Å². The first-order chi connectivity index (χ1) is 9.01. The smallest absolute Gasteiger partial charge is 0.303 e. The number of carboxylic acids is 1. The number of hydrogen-bond donors (Lipinski definition) is 2. The molecule has 0 aliphatic carbocycles. The Labute approximate surface area is 115 Å². The summed E-state index contributed by atoms with van der Waals surface area (Å²) >= 11 is 0. The van der Waals surface area contributed by atoms with Crippen molar-refractivity contribution in [3.63, 3.8) is 0 Å². The highest BCUT2D eigenvalue weighted by atomic mass is 16.4. The highest BCUT2D eigenvalue weighted by Gasteiger charge is 2.28. The molecule has 0 aromatic rings. The van der Waals surface area contributed by atoms with Crippen molar-refractivity contribution in [3.8, 4) is 6.07 Å². The van der Waals surface area contributed by atoms with Crippen LogP contribution in [0.25, 0.3) is 0 Å². The monoisotopic (exact) mass is 267 g/mol. The summed E-state index contributed by atoms with van der Waals surface area (Å²) in [6.07, 6.45) is 2.22. The van der Waals surface area contributed by atoms with E-state index in [0.717, 1.165) is 32.5 Å². The summed E-state index contributed by atoms with van der Waals surface area (Å²) in [5.41, 5.74) is 0. The number of hydrogen-bond acceptors (Lipinski definition) is 4. The molecule has 19 heavy (non-hydrogen) atoms. The third-order valence-electron chi connectivity index (χ3n) is 3.53. The van der Waals surface area contributed by atoms with Crippen LogP contribution in [0.3, 0.4) is 0 Å². The zero-order chi connectivity index (χ0) is 14.3. The lowest BCUT2D eigenvalue weighted by Crippen LogP contribution is -2.49. The van der Waals surface area contributed by atoms with Gasteiger partial charge in [0.15, 0.2) is 0 Å². The number of nitrogens with one attached hydrogen (secondary N) is 1. The molecule has 0 bridgehead atoms. The highest BCUT2D eigenvalue weighted by molar-refractivity contribution is 5.67. The third-order valence-corrected chi connectivity index (χ3v) is 3.53. The Balaban J connectivity index is 2.45. The Morgan fingerprint density at radius 3 is 2.84 bits per heavy atom. The van der Waals surface area contributed by atoms with Crippen molar-refractivity contribution in [1.82, 2.24) is 10.2 Å². The number of likely N-dealkylation sites (tertiary alicyclic amines) is 1. The average Bonchev–Trinajstić information content (AvgIpc) is 2.27. The van der Waals surface area contributed by atoms with Crippen molar-refractivity contribution in [2.24, 2.45) is 11.8 Å². The van der Waals surface area contributed by atoms with E-state index in [1.165, 1.54) is 0 Å². The molecule has 2 N–H and O–H groups in total. The maximum atomic E-state index is 10.8. The van der Waals surface area contributed by atoms with Gasteiger partial charge >= 0.3 is 5.97 Å². The summed E-state index contributed by atoms with van der Waals surface area (Å²) < 4.78 is 0. The Bertz CT molecular complexity index is 325. The molecule has 1 aliphatic heterocycles. The first kappa shape index (κ1) is 15.9. The normalized spacial score (nSPS) is 24.3. The number of carboxylic acid groups (broad SMARTS) is 1. The molecule has 0 aromatic carbocycles. The summed E-state index contributed by atoms with van der Waals surface area (Å²) in [6, 6.07) is 2.47. The van der Waals surface area contributed by atoms with Gasteiger partial charge in [0.05, 0.1) is 12.6 Å². The maximum absolute atomic E-state index is 10.8. The van der Waals surface area contributed by atoms with Crippen LogP contribution in [0, 0.1) is 23.2 Å². The fraction of sp³-hybridized carbons (Fsp3) is 0.857. The van der Waals surface area contributed by atoms with Crippen molar-refractivity contribution in [1.29, 1.82) is 5.26 Å². The summed E-state index contributed by atoms with van der Waals surface area (Å²) in [5, 5.41) is 21.2. The SMILES string of the molecule is CC(C)CCNC1CC(CC(=O)O)CN(CC#N)C1. The number of piperidine rings is 1. The van der Waals surface area contributed by atoms with Gasteiger partial charge < -0.3 is 10.4 Å². The Morgan fingerprint density at radius 1 is 1.53 bits per heavy atom. The van der Waals surface area contributed by atoms with Gasteiger partial charge in [0, 0.05) is 25.6 Å². The molecule has 1 saturated heterocycles. The van der Waals surface area contributed by atoms with Crippen LogP contribution in [0.5, 0.6) is 0 Å². The van der Waals surface area contributed by atoms with E-state index >= 15 is 0 Å². The predicted octanol–water partition coefficient (Wildman–Crippen LogP) is 1.31. The lowest BCUT2D eigenvalue weighted by molar-refractivity contribution is -0.138. The molecule has 0 amide bonds. The second-order valence-electron chi connectivity index (χ2n) is 5.89. The second kappa shape index (κ2) is 8.13. The van der Waals surface area contributed by atoms with Crippen LogP contribution in [0.4, 0.5) is 0 Å². The van der Waals surface area contributed by atoms with Gasteiger partial charge in [-0.3, -0.25) is 9.69 Å². The van der Waals surface area contributed by atoms with Crippen molar-refractivity contribution in [2.75, 3.05) is 26.2 Å². The first-order valence-corrected chi connectivity index (χ1v) is 7.05. The maximum Gasteiger partial charge on any atom is 0.303 e. The zero-order valence-corrected chi connectivity index (χ0v) is 11.9. The zero-order valence-electron chi connectivity index (χ0n) is 11.9. The standard InChI is InChI=1S/C14H25N3O2/c1-11(2)3-5-16-13-7-12(8-14(18)19)9-17(10-13)6-4-15/h11-13,16H,3,5-10H2,1-2H3,(H,18,19). The second-order valence-corrected chi connectivity index (χ2v) is 5.89. The lowest BCUT2D eigenvalue weighted by atomic mass is 9.91. The minimum Gasteiger partial charge on any atom is -0.481 e. The van der Waals surface area contributed by atoms with Gasteiger partial charge in [-0.1, -0.05) is 13.8 Å². The fourth-order valence-corrected chi connectivity index (χ4v) is 2.65. The summed E-state index contributed by atoms with van der Waals surface area (Å²) in [4.78, 5) is 12.9. The Morgan fingerprint density at radius 2 is 2.26 bits per heavy atom. The van der Waals surface area contributed by atoms with E-state index in [1.54, 1.807) is 0 Å². The van der Waals surface area contributed by atoms with E-state index in [1.807, 2.05) is 0 Å². The number of carbonyl (C=O) groups is 1. The molecule has 1 heterocycles. The van der Waals surface area contributed by atoms with Crippen LogP contribution in [-0.4, -0.2) is 48.2 Å². The quantitative estimate of drug-likeness (QED) is 0.680. The van der Waals surface area contributed by atoms with Crippen LogP contribution >= 0.6 is 0 Å². The van der Waals surface area contributed by atoms with E-state index in [4.69, 9.17) is 10.4 Å². The molecule has 1 fully saturated rings. The number of nitrogens with zero attached hydrogens (tertiary/aromatic N) is 2. The molecular weight excluding hydrogens is 242 g/mol. The largest absolute Gasteiger partial charge is 0.481 e. The van der Waals surface area contributed by atoms with Crippen LogP contribution in [0.15, 0.2) is 0 Å². The molecule has 0 spiro atoms. The molecular formula is C14H25N3O2. The van der Waals surface area contributed by atoms with Crippen molar-refractivity contribution < 1.29 is 9.90 Å². The van der Waals surface area contributed by atoms with Gasteiger partial charge in [-0.2, -0.15) is 5.26 Å². The predicted molar refractivity (Wildman–Crippen MR) is 73.7 cm³/mol. The molecule has 5 nitrogen and oxygen atoms in total. The minimum atomic E-state index is -0.746. The van der Waals surface area contributed by atoms with Gasteiger partial charge in [-0.25, -0.2) is 0 Å². The van der Waals surface area contributed by atoms with Gasteiger partial charge in [-0.15, -0.1) is 0 Å². The lowest BCUT2D eigenvalue weighted by Gasteiger charge is -2.36. The molecule has 2 unspecified atom stereocenters. The number of rotatable bonds is 7. The minimum absolute atomic E-state index is 0.149. The van der Waals surface area contributed by atoms with Crippen LogP contribution in [0.1, 0.15) is 33.1 Å². The Hall–Kier alpha value is -1.12. The van der Waals surface area contributed by atoms with Crippen molar-refractivity contribution in [3.05, 3.63) is 0 Å². The van der Waals surface area contributed by atoms with Crippen LogP contribution in [-0.2, 0) is 4.79 Å². The average molecular weight is 267 g/mol. The fourth-order valence-electron chi connectivity index (χ4n) is 2.65. The van der Waals surface area contributed by atoms with E-state index < -0.39 is 5.97 Å². The molecule has 1 rings (SSSR count). The first-order valence-electron chi connectivity index (χ1n) is 7.05. The molecule has 108 valence electrons. The van der Waals surface area contributed by atoms with E-state index in [-0.39, 0.29) is 12.3 Å². The van der Waals surface area contributed by atoms with Crippen molar-refractivity contribution in [2.45, 2.75) is 39.2 Å². The van der Waals surface area contributed by atoms with Gasteiger partial charge in [0.1, 0.15) is 0 Å².